The fourth-order valence-corrected chi connectivity index (χ4v) is 3.16. The Morgan fingerprint density at radius 1 is 1.33 bits per heavy atom. The van der Waals surface area contributed by atoms with E-state index in [4.69, 9.17) is 4.99 Å². The minimum absolute atomic E-state index is 0.641. The summed E-state index contributed by atoms with van der Waals surface area (Å²) in [5.74, 6) is 2.83. The second kappa shape index (κ2) is 12.0. The van der Waals surface area contributed by atoms with Crippen molar-refractivity contribution in [2.75, 3.05) is 37.0 Å². The number of hydrogen-bond acceptors (Lipinski definition) is 6. The molecule has 0 amide bonds. The minimum Gasteiger partial charge on any atom is -0.394 e. The zero-order valence-corrected chi connectivity index (χ0v) is 17.0. The zero-order chi connectivity index (χ0) is 19.3. The topological polar surface area (TPSA) is 61.3 Å². The lowest BCUT2D eigenvalue weighted by atomic mass is 10.2. The molecule has 1 aromatic rings. The average molecular weight is 384 g/mol. The molecule has 0 atom stereocenters. The number of allylic oxidation sites excluding steroid dienone is 3. The molecule has 2 heterocycles. The molecule has 6 heteroatoms. The highest BCUT2D eigenvalue weighted by atomic mass is 32.2. The molecule has 0 bridgehead atoms. The molecule has 27 heavy (non-hydrogen) atoms. The summed E-state index contributed by atoms with van der Waals surface area (Å²) in [5.41, 5.74) is 4.13. The number of hydrogen-bond donors (Lipinski definition) is 3. The van der Waals surface area contributed by atoms with Gasteiger partial charge in [-0.1, -0.05) is 18.7 Å². The summed E-state index contributed by atoms with van der Waals surface area (Å²) in [6, 6.07) is 4.02. The van der Waals surface area contributed by atoms with Gasteiger partial charge < -0.3 is 16.0 Å². The van der Waals surface area contributed by atoms with Gasteiger partial charge >= 0.3 is 0 Å². The summed E-state index contributed by atoms with van der Waals surface area (Å²) < 4.78 is 0. The number of nitrogens with zero attached hydrogens (tertiary/aromatic N) is 2. The van der Waals surface area contributed by atoms with Gasteiger partial charge in [-0.2, -0.15) is 11.8 Å². The highest BCUT2D eigenvalue weighted by Gasteiger charge is 2.03. The Hall–Kier alpha value is -2.47. The predicted octanol–water partition coefficient (Wildman–Crippen LogP) is 3.66. The van der Waals surface area contributed by atoms with Crippen LogP contribution in [0.3, 0.4) is 0 Å². The molecule has 0 saturated carbocycles. The fraction of sp³-hybridized carbons (Fsp3) is 0.333. The van der Waals surface area contributed by atoms with Crippen LogP contribution in [-0.2, 0) is 0 Å². The van der Waals surface area contributed by atoms with Gasteiger partial charge in [0.25, 0.3) is 0 Å². The van der Waals surface area contributed by atoms with Crippen molar-refractivity contribution in [1.82, 2.24) is 15.6 Å². The van der Waals surface area contributed by atoms with Crippen molar-refractivity contribution >= 4 is 23.3 Å². The van der Waals surface area contributed by atoms with E-state index in [9.17, 15) is 0 Å². The normalized spacial score (nSPS) is 20.1. The number of thioether (sulfide) groups is 1. The number of aryl methyl sites for hydroxylation is 1. The maximum Gasteiger partial charge on any atom is 0.130 e. The van der Waals surface area contributed by atoms with Crippen LogP contribution in [0.25, 0.3) is 0 Å². The summed E-state index contributed by atoms with van der Waals surface area (Å²) in [7, 11) is 1.91. The lowest BCUT2D eigenvalue weighted by Gasteiger charge is -2.12. The third-order valence-corrected chi connectivity index (χ3v) is 4.84. The van der Waals surface area contributed by atoms with Crippen molar-refractivity contribution in [3.8, 4) is 0 Å². The molecule has 1 aliphatic rings. The molecule has 2 rings (SSSR count). The van der Waals surface area contributed by atoms with Crippen molar-refractivity contribution in [3.05, 3.63) is 72.4 Å². The molecule has 0 spiro atoms. The van der Waals surface area contributed by atoms with E-state index in [1.807, 2.05) is 62.4 Å². The smallest absolute Gasteiger partial charge is 0.130 e. The van der Waals surface area contributed by atoms with Crippen LogP contribution in [0.2, 0.25) is 0 Å². The van der Waals surface area contributed by atoms with E-state index in [0.717, 1.165) is 53.0 Å². The summed E-state index contributed by atoms with van der Waals surface area (Å²) in [6.45, 7) is 7.46. The summed E-state index contributed by atoms with van der Waals surface area (Å²) in [6.07, 6.45) is 13.1. The molecule has 0 unspecified atom stereocenters. The first-order valence-corrected chi connectivity index (χ1v) is 10.3. The molecular weight excluding hydrogens is 354 g/mol. The molecule has 0 radical (unpaired) electrons. The third-order valence-electron chi connectivity index (χ3n) is 3.78. The third kappa shape index (κ3) is 8.64. The molecule has 3 N–H and O–H groups in total. The quantitative estimate of drug-likeness (QED) is 0.598. The Bertz CT molecular complexity index is 717. The summed E-state index contributed by atoms with van der Waals surface area (Å²) >= 11 is 1.90. The van der Waals surface area contributed by atoms with Crippen LogP contribution in [0.4, 0.5) is 5.82 Å². The van der Waals surface area contributed by atoms with Gasteiger partial charge in [-0.15, -0.1) is 0 Å². The van der Waals surface area contributed by atoms with E-state index in [1.54, 1.807) is 0 Å². The molecular formula is C21H29N5S. The van der Waals surface area contributed by atoms with Crippen LogP contribution >= 0.6 is 11.8 Å². The SMILES string of the molecule is C=C1/C=C\C(Nc2ccc(C)cn2)=C/C/N=C(/CSCC/C=C\NC)CN1. The Morgan fingerprint density at radius 3 is 3.00 bits per heavy atom. The van der Waals surface area contributed by atoms with Crippen molar-refractivity contribution in [2.45, 2.75) is 13.3 Å². The number of pyridine rings is 1. The van der Waals surface area contributed by atoms with Gasteiger partial charge in [-0.3, -0.25) is 4.99 Å². The molecule has 1 aliphatic heterocycles. The number of anilines is 1. The molecule has 0 aliphatic carbocycles. The molecule has 0 fully saturated rings. The first-order chi connectivity index (χ1) is 13.2. The number of aromatic nitrogens is 1. The maximum absolute atomic E-state index is 4.75. The molecule has 0 aromatic carbocycles. The van der Waals surface area contributed by atoms with Crippen LogP contribution in [0.1, 0.15) is 12.0 Å². The first kappa shape index (κ1) is 20.8. The molecule has 144 valence electrons. The Morgan fingerprint density at radius 2 is 2.22 bits per heavy atom. The van der Waals surface area contributed by atoms with E-state index in [1.165, 1.54) is 0 Å². The molecule has 1 aromatic heterocycles. The van der Waals surface area contributed by atoms with Crippen LogP contribution in [0.5, 0.6) is 0 Å². The summed E-state index contributed by atoms with van der Waals surface area (Å²) in [4.78, 5) is 9.15. The van der Waals surface area contributed by atoms with Gasteiger partial charge in [0.15, 0.2) is 0 Å². The van der Waals surface area contributed by atoms with Gasteiger partial charge in [0.1, 0.15) is 5.82 Å². The van der Waals surface area contributed by atoms with Gasteiger partial charge in [-0.25, -0.2) is 4.98 Å². The van der Waals surface area contributed by atoms with Crippen LogP contribution < -0.4 is 16.0 Å². The zero-order valence-electron chi connectivity index (χ0n) is 16.2. The lowest BCUT2D eigenvalue weighted by Crippen LogP contribution is -2.24. The van der Waals surface area contributed by atoms with Gasteiger partial charge in [-0.05, 0) is 55.2 Å². The van der Waals surface area contributed by atoms with Crippen molar-refractivity contribution in [3.63, 3.8) is 0 Å². The van der Waals surface area contributed by atoms with Crippen LogP contribution in [0, 0.1) is 6.92 Å². The highest BCUT2D eigenvalue weighted by Crippen LogP contribution is 2.10. The number of nitrogens with one attached hydrogen (secondary N) is 3. The van der Waals surface area contributed by atoms with Crippen LogP contribution in [-0.4, -0.2) is 42.3 Å². The molecule has 0 saturated heterocycles. The second-order valence-corrected chi connectivity index (χ2v) is 7.26. The summed E-state index contributed by atoms with van der Waals surface area (Å²) in [5, 5.41) is 9.68. The van der Waals surface area contributed by atoms with Crippen LogP contribution in [0.15, 0.2) is 71.8 Å². The van der Waals surface area contributed by atoms with Crippen molar-refractivity contribution in [2.24, 2.45) is 4.99 Å². The minimum atomic E-state index is 0.641. The lowest BCUT2D eigenvalue weighted by molar-refractivity contribution is 0.954. The Balaban J connectivity index is 1.95. The maximum atomic E-state index is 4.75. The number of rotatable bonds is 8. The highest BCUT2D eigenvalue weighted by molar-refractivity contribution is 7.99. The predicted molar refractivity (Wildman–Crippen MR) is 119 cm³/mol. The van der Waals surface area contributed by atoms with E-state index < -0.39 is 0 Å². The largest absolute Gasteiger partial charge is 0.394 e. The van der Waals surface area contributed by atoms with E-state index in [-0.39, 0.29) is 0 Å². The van der Waals surface area contributed by atoms with Gasteiger partial charge in [0.05, 0.1) is 13.1 Å². The Kier molecular flexibility index (Phi) is 9.27. The van der Waals surface area contributed by atoms with E-state index >= 15 is 0 Å². The van der Waals surface area contributed by atoms with Crippen molar-refractivity contribution in [1.29, 1.82) is 0 Å². The van der Waals surface area contributed by atoms with Crippen molar-refractivity contribution < 1.29 is 0 Å². The van der Waals surface area contributed by atoms with E-state index in [2.05, 4.69) is 39.7 Å². The Labute approximate surface area is 166 Å². The van der Waals surface area contributed by atoms with Gasteiger partial charge in [0, 0.05) is 36.1 Å². The standard InChI is InChI=1S/C21H29N5S/c1-17-6-9-21(25-14-17)26-19-8-7-18(2)24-15-20(23-12-10-19)16-27-13-5-4-11-22-3/h4,6-11,14,22,24H,2,5,12-13,15-16H2,1,3H3,(H,25,26)/b8-7-,11-4-,19-10+,23-20+. The monoisotopic (exact) mass is 383 g/mol. The van der Waals surface area contributed by atoms with Gasteiger partial charge in [0.2, 0.25) is 0 Å². The first-order valence-electron chi connectivity index (χ1n) is 9.10. The fourth-order valence-electron chi connectivity index (χ4n) is 2.28. The number of aliphatic imine (C=N–C) groups is 1. The average Bonchev–Trinajstić information content (AvgIpc) is 2.67. The second-order valence-electron chi connectivity index (χ2n) is 6.16. The van der Waals surface area contributed by atoms with E-state index in [0.29, 0.717) is 6.54 Å². The molecule has 5 nitrogen and oxygen atoms in total.